The molecule has 1 unspecified atom stereocenters. The average molecular weight is 249 g/mol. The maximum atomic E-state index is 13.5. The molecule has 0 saturated heterocycles. The van der Waals surface area contributed by atoms with E-state index in [9.17, 15) is 9.18 Å². The van der Waals surface area contributed by atoms with Gasteiger partial charge in [-0.05, 0) is 26.0 Å². The fourth-order valence-corrected chi connectivity index (χ4v) is 1.80. The van der Waals surface area contributed by atoms with Gasteiger partial charge in [-0.25, -0.2) is 4.79 Å². The first-order valence-corrected chi connectivity index (χ1v) is 5.57. The van der Waals surface area contributed by atoms with E-state index in [-0.39, 0.29) is 5.70 Å². The fraction of sp³-hybridized carbons (Fsp3) is 0.214. The zero-order valence-electron chi connectivity index (χ0n) is 10.4. The standard InChI is InChI=1S/C14H16FNO2/c1-4-13(14(17)18)16(11(3)15)10(2)12-8-6-5-7-9-12/h4-10H,3H2,1-2H3,(H,17,18)/b13-4-. The lowest BCUT2D eigenvalue weighted by Gasteiger charge is -2.29. The van der Waals surface area contributed by atoms with Crippen molar-refractivity contribution >= 4 is 5.97 Å². The third kappa shape index (κ3) is 2.97. The molecule has 0 saturated carbocycles. The van der Waals surface area contributed by atoms with Crippen LogP contribution < -0.4 is 0 Å². The maximum Gasteiger partial charge on any atom is 0.352 e. The zero-order chi connectivity index (χ0) is 13.7. The summed E-state index contributed by atoms with van der Waals surface area (Å²) in [6.07, 6.45) is 1.35. The summed E-state index contributed by atoms with van der Waals surface area (Å²) in [5.41, 5.74) is 0.691. The van der Waals surface area contributed by atoms with Gasteiger partial charge in [0.15, 0.2) is 5.95 Å². The van der Waals surface area contributed by atoms with Crippen LogP contribution in [0.3, 0.4) is 0 Å². The topological polar surface area (TPSA) is 40.5 Å². The van der Waals surface area contributed by atoms with E-state index in [0.29, 0.717) is 0 Å². The van der Waals surface area contributed by atoms with Crippen LogP contribution in [-0.2, 0) is 4.79 Å². The zero-order valence-corrected chi connectivity index (χ0v) is 10.4. The molecular weight excluding hydrogens is 233 g/mol. The van der Waals surface area contributed by atoms with E-state index >= 15 is 0 Å². The molecule has 0 bridgehead atoms. The number of allylic oxidation sites excluding steroid dienone is 1. The summed E-state index contributed by atoms with van der Waals surface area (Å²) in [7, 11) is 0. The van der Waals surface area contributed by atoms with Gasteiger partial charge >= 0.3 is 5.97 Å². The molecule has 0 aliphatic heterocycles. The number of aliphatic carboxylic acids is 1. The molecule has 3 nitrogen and oxygen atoms in total. The molecule has 0 amide bonds. The molecule has 0 fully saturated rings. The van der Waals surface area contributed by atoms with Crippen molar-refractivity contribution in [2.75, 3.05) is 0 Å². The largest absolute Gasteiger partial charge is 0.477 e. The molecule has 0 radical (unpaired) electrons. The third-order valence-corrected chi connectivity index (χ3v) is 2.68. The van der Waals surface area contributed by atoms with Gasteiger partial charge in [0, 0.05) is 0 Å². The number of carboxylic acids is 1. The van der Waals surface area contributed by atoms with E-state index in [1.807, 2.05) is 30.3 Å². The van der Waals surface area contributed by atoms with Gasteiger partial charge in [-0.1, -0.05) is 36.4 Å². The minimum atomic E-state index is -1.18. The smallest absolute Gasteiger partial charge is 0.352 e. The minimum Gasteiger partial charge on any atom is -0.477 e. The van der Waals surface area contributed by atoms with Crippen LogP contribution in [0.15, 0.2) is 54.6 Å². The van der Waals surface area contributed by atoms with Crippen molar-refractivity contribution in [1.29, 1.82) is 0 Å². The number of hydrogen-bond acceptors (Lipinski definition) is 2. The molecule has 0 aromatic heterocycles. The molecule has 0 aliphatic carbocycles. The number of carbonyl (C=O) groups is 1. The van der Waals surface area contributed by atoms with Crippen LogP contribution in [0.25, 0.3) is 0 Å². The molecular formula is C14H16FNO2. The second-order valence-corrected chi connectivity index (χ2v) is 3.81. The van der Waals surface area contributed by atoms with Crippen LogP contribution in [-0.4, -0.2) is 16.0 Å². The van der Waals surface area contributed by atoms with Gasteiger partial charge in [-0.3, -0.25) is 0 Å². The summed E-state index contributed by atoms with van der Waals surface area (Å²) in [6.45, 7) is 6.49. The monoisotopic (exact) mass is 249 g/mol. The van der Waals surface area contributed by atoms with Gasteiger partial charge in [0.1, 0.15) is 5.70 Å². The van der Waals surface area contributed by atoms with E-state index in [1.54, 1.807) is 13.8 Å². The minimum absolute atomic E-state index is 0.126. The van der Waals surface area contributed by atoms with Gasteiger partial charge in [0.25, 0.3) is 0 Å². The van der Waals surface area contributed by atoms with Gasteiger partial charge < -0.3 is 10.0 Å². The van der Waals surface area contributed by atoms with Crippen molar-refractivity contribution in [3.05, 3.63) is 60.2 Å². The van der Waals surface area contributed by atoms with Gasteiger partial charge in [0.2, 0.25) is 0 Å². The molecule has 1 N–H and O–H groups in total. The summed E-state index contributed by atoms with van der Waals surface area (Å²) < 4.78 is 13.5. The highest BCUT2D eigenvalue weighted by Crippen LogP contribution is 2.28. The van der Waals surface area contributed by atoms with Crippen LogP contribution >= 0.6 is 0 Å². The highest BCUT2D eigenvalue weighted by atomic mass is 19.1. The highest BCUT2D eigenvalue weighted by Gasteiger charge is 2.24. The normalized spacial score (nSPS) is 12.9. The van der Waals surface area contributed by atoms with Crippen molar-refractivity contribution < 1.29 is 14.3 Å². The number of halogens is 1. The lowest BCUT2D eigenvalue weighted by atomic mass is 10.1. The Labute approximate surface area is 106 Å². The van der Waals surface area contributed by atoms with Crippen molar-refractivity contribution in [1.82, 2.24) is 4.90 Å². The quantitative estimate of drug-likeness (QED) is 0.641. The van der Waals surface area contributed by atoms with E-state index in [4.69, 9.17) is 5.11 Å². The Hall–Kier alpha value is -2.10. The number of rotatable bonds is 5. The molecule has 96 valence electrons. The first-order chi connectivity index (χ1) is 8.49. The Kier molecular flexibility index (Phi) is 4.66. The third-order valence-electron chi connectivity index (χ3n) is 2.68. The molecule has 4 heteroatoms. The second-order valence-electron chi connectivity index (χ2n) is 3.81. The predicted octanol–water partition coefficient (Wildman–Crippen LogP) is 3.48. The molecule has 0 heterocycles. The number of nitrogens with zero attached hydrogens (tertiary/aromatic N) is 1. The predicted molar refractivity (Wildman–Crippen MR) is 68.3 cm³/mol. The summed E-state index contributed by atoms with van der Waals surface area (Å²) in [4.78, 5) is 12.2. The van der Waals surface area contributed by atoms with Crippen LogP contribution in [0.1, 0.15) is 25.5 Å². The van der Waals surface area contributed by atoms with Gasteiger partial charge in [0.05, 0.1) is 6.04 Å². The average Bonchev–Trinajstić information content (AvgIpc) is 2.35. The van der Waals surface area contributed by atoms with Crippen molar-refractivity contribution in [2.45, 2.75) is 19.9 Å². The molecule has 1 atom stereocenters. The van der Waals surface area contributed by atoms with Crippen molar-refractivity contribution in [3.8, 4) is 0 Å². The van der Waals surface area contributed by atoms with E-state index < -0.39 is 18.0 Å². The van der Waals surface area contributed by atoms with Crippen LogP contribution in [0, 0.1) is 0 Å². The van der Waals surface area contributed by atoms with E-state index in [2.05, 4.69) is 6.58 Å². The number of carboxylic acid groups (broad SMARTS) is 1. The molecule has 0 aliphatic rings. The SMILES string of the molecule is C=C(F)N(/C(=C\C)C(=O)O)C(C)c1ccccc1. The van der Waals surface area contributed by atoms with Crippen LogP contribution in [0.4, 0.5) is 4.39 Å². The highest BCUT2D eigenvalue weighted by molar-refractivity contribution is 5.86. The van der Waals surface area contributed by atoms with E-state index in [0.717, 1.165) is 10.5 Å². The summed E-state index contributed by atoms with van der Waals surface area (Å²) in [6, 6.07) is 8.68. The molecule has 1 aromatic rings. The lowest BCUT2D eigenvalue weighted by molar-refractivity contribution is -0.134. The summed E-state index contributed by atoms with van der Waals surface area (Å²) in [5.74, 6) is -1.97. The molecule has 0 spiro atoms. The molecule has 18 heavy (non-hydrogen) atoms. The molecule has 1 aromatic carbocycles. The number of benzene rings is 1. The summed E-state index contributed by atoms with van der Waals surface area (Å²) >= 11 is 0. The number of hydrogen-bond donors (Lipinski definition) is 1. The Balaban J connectivity index is 3.14. The first-order valence-electron chi connectivity index (χ1n) is 5.57. The fourth-order valence-electron chi connectivity index (χ4n) is 1.80. The van der Waals surface area contributed by atoms with Gasteiger partial charge in [-0.15, -0.1) is 0 Å². The second kappa shape index (κ2) is 6.00. The van der Waals surface area contributed by atoms with Crippen molar-refractivity contribution in [2.24, 2.45) is 0 Å². The Morgan fingerprint density at radius 1 is 1.44 bits per heavy atom. The van der Waals surface area contributed by atoms with Crippen LogP contribution in [0.5, 0.6) is 0 Å². The first kappa shape index (κ1) is 14.0. The van der Waals surface area contributed by atoms with Crippen LogP contribution in [0.2, 0.25) is 0 Å². The maximum absolute atomic E-state index is 13.5. The Morgan fingerprint density at radius 3 is 2.39 bits per heavy atom. The van der Waals surface area contributed by atoms with Gasteiger partial charge in [-0.2, -0.15) is 4.39 Å². The van der Waals surface area contributed by atoms with E-state index in [1.165, 1.54) is 6.08 Å². The summed E-state index contributed by atoms with van der Waals surface area (Å²) in [5, 5.41) is 9.07. The molecule has 1 rings (SSSR count). The van der Waals surface area contributed by atoms with Crippen molar-refractivity contribution in [3.63, 3.8) is 0 Å². The Bertz CT molecular complexity index is 468. The Morgan fingerprint density at radius 2 is 2.00 bits per heavy atom. The lowest BCUT2D eigenvalue weighted by Crippen LogP contribution is -2.28.